The zero-order valence-electron chi connectivity index (χ0n) is 13.1. The molecule has 0 saturated carbocycles. The molecule has 0 atom stereocenters. The summed E-state index contributed by atoms with van der Waals surface area (Å²) in [5.41, 5.74) is 3.37. The van der Waals surface area contributed by atoms with Gasteiger partial charge in [0.15, 0.2) is 0 Å². The van der Waals surface area contributed by atoms with E-state index in [2.05, 4.69) is 22.9 Å². The second-order valence-electron chi connectivity index (χ2n) is 5.92. The van der Waals surface area contributed by atoms with E-state index in [0.717, 1.165) is 37.1 Å². The number of H-pyrrole nitrogens is 1. The zero-order valence-corrected chi connectivity index (χ0v) is 13.8. The lowest BCUT2D eigenvalue weighted by Gasteiger charge is -2.27. The maximum atomic E-state index is 12.2. The largest absolute Gasteiger partial charge is 0.325 e. The van der Waals surface area contributed by atoms with E-state index in [0.29, 0.717) is 10.4 Å². The van der Waals surface area contributed by atoms with Crippen molar-refractivity contribution in [1.82, 2.24) is 9.88 Å². The average Bonchev–Trinajstić information content (AvgIpc) is 2.50. The lowest BCUT2D eigenvalue weighted by molar-refractivity contribution is 0.302. The number of halogens is 1. The van der Waals surface area contributed by atoms with Crippen molar-refractivity contribution >= 4 is 27.9 Å². The van der Waals surface area contributed by atoms with Crippen molar-refractivity contribution in [2.75, 3.05) is 19.6 Å². The molecule has 1 aliphatic rings. The highest BCUT2D eigenvalue weighted by Crippen LogP contribution is 2.30. The second-order valence-corrected chi connectivity index (χ2v) is 6.36. The van der Waals surface area contributed by atoms with Crippen LogP contribution in [0.15, 0.2) is 29.1 Å². The van der Waals surface area contributed by atoms with E-state index in [4.69, 9.17) is 11.6 Å². The summed E-state index contributed by atoms with van der Waals surface area (Å²) in [4.78, 5) is 17.6. The molecule has 1 N–H and O–H groups in total. The molecule has 4 heteroatoms. The summed E-state index contributed by atoms with van der Waals surface area (Å²) in [6.45, 7) is 7.39. The normalized spacial score (nSPS) is 16.0. The summed E-state index contributed by atoms with van der Waals surface area (Å²) < 4.78 is 0. The molecular formula is C18H21ClN2O. The Kier molecular flexibility index (Phi) is 4.37. The topological polar surface area (TPSA) is 36.1 Å². The van der Waals surface area contributed by atoms with Gasteiger partial charge >= 0.3 is 0 Å². The number of fused-ring (bicyclic) bond motifs is 1. The van der Waals surface area contributed by atoms with Crippen molar-refractivity contribution in [3.8, 4) is 0 Å². The number of rotatable bonds is 3. The minimum atomic E-state index is -0.0669. The molecular weight excluding hydrogens is 296 g/mol. The third-order valence-electron chi connectivity index (χ3n) is 4.33. The molecule has 0 amide bonds. The number of hydrogen-bond acceptors (Lipinski definition) is 2. The molecule has 0 bridgehead atoms. The van der Waals surface area contributed by atoms with Gasteiger partial charge in [0.05, 0.1) is 0 Å². The molecule has 0 unspecified atom stereocenters. The van der Waals surface area contributed by atoms with Crippen molar-refractivity contribution < 1.29 is 0 Å². The van der Waals surface area contributed by atoms with Crippen LogP contribution >= 0.6 is 11.6 Å². The van der Waals surface area contributed by atoms with Gasteiger partial charge in [0.2, 0.25) is 0 Å². The summed E-state index contributed by atoms with van der Waals surface area (Å²) in [6.07, 6.45) is 4.50. The Bertz CT molecular complexity index is 792. The van der Waals surface area contributed by atoms with E-state index in [1.807, 2.05) is 19.1 Å². The molecule has 3 nitrogen and oxygen atoms in total. The van der Waals surface area contributed by atoms with Gasteiger partial charge in [-0.15, -0.1) is 0 Å². The van der Waals surface area contributed by atoms with Crippen LogP contribution in [0.3, 0.4) is 0 Å². The average molecular weight is 317 g/mol. The van der Waals surface area contributed by atoms with Crippen LogP contribution < -0.4 is 5.56 Å². The van der Waals surface area contributed by atoms with E-state index in [1.54, 1.807) is 6.07 Å². The first-order chi connectivity index (χ1) is 10.6. The van der Waals surface area contributed by atoms with E-state index < -0.39 is 0 Å². The number of nitrogens with one attached hydrogen (secondary N) is 1. The molecule has 0 fully saturated rings. The quantitative estimate of drug-likeness (QED) is 0.929. The fourth-order valence-corrected chi connectivity index (χ4v) is 3.47. The molecule has 1 aliphatic heterocycles. The van der Waals surface area contributed by atoms with E-state index in [9.17, 15) is 4.79 Å². The molecule has 116 valence electrons. The van der Waals surface area contributed by atoms with Crippen LogP contribution in [-0.4, -0.2) is 29.5 Å². The summed E-state index contributed by atoms with van der Waals surface area (Å²) >= 11 is 6.05. The number of aryl methyl sites for hydroxylation is 1. The third kappa shape index (κ3) is 2.83. The van der Waals surface area contributed by atoms with Crippen molar-refractivity contribution in [2.24, 2.45) is 0 Å². The zero-order chi connectivity index (χ0) is 15.7. The Balaban J connectivity index is 2.10. The smallest absolute Gasteiger partial charge is 0.256 e. The van der Waals surface area contributed by atoms with Crippen molar-refractivity contribution in [3.63, 3.8) is 0 Å². The molecule has 0 saturated heterocycles. The third-order valence-corrected chi connectivity index (χ3v) is 4.56. The molecule has 2 aromatic rings. The molecule has 3 rings (SSSR count). The van der Waals surface area contributed by atoms with Gasteiger partial charge in [0, 0.05) is 34.8 Å². The van der Waals surface area contributed by atoms with Gasteiger partial charge in [-0.2, -0.15) is 0 Å². The minimum absolute atomic E-state index is 0.0669. The predicted molar refractivity (Wildman–Crippen MR) is 93.6 cm³/mol. The molecule has 2 heterocycles. The summed E-state index contributed by atoms with van der Waals surface area (Å²) in [6, 6.07) is 5.58. The minimum Gasteiger partial charge on any atom is -0.325 e. The summed E-state index contributed by atoms with van der Waals surface area (Å²) in [5, 5.41) is 2.27. The molecule has 0 radical (unpaired) electrons. The van der Waals surface area contributed by atoms with E-state index in [1.165, 1.54) is 17.6 Å². The Morgan fingerprint density at radius 1 is 1.32 bits per heavy atom. The van der Waals surface area contributed by atoms with E-state index >= 15 is 0 Å². The van der Waals surface area contributed by atoms with Crippen molar-refractivity contribution in [2.45, 2.75) is 26.7 Å². The van der Waals surface area contributed by atoms with Gasteiger partial charge in [0.1, 0.15) is 0 Å². The summed E-state index contributed by atoms with van der Waals surface area (Å²) in [7, 11) is 0. The maximum absolute atomic E-state index is 12.2. The fraction of sp³-hybridized carbons (Fsp3) is 0.389. The first-order valence-corrected chi connectivity index (χ1v) is 8.22. The number of hydrogen-bond donors (Lipinski definition) is 1. The van der Waals surface area contributed by atoms with Crippen LogP contribution in [-0.2, 0) is 0 Å². The monoisotopic (exact) mass is 316 g/mol. The van der Waals surface area contributed by atoms with Crippen LogP contribution in [0.1, 0.15) is 31.0 Å². The SMILES string of the molecule is CCCN1CC=C(c2c(C)[nH]c(=O)c3cc(Cl)ccc23)CC1. The Morgan fingerprint density at radius 2 is 2.14 bits per heavy atom. The van der Waals surface area contributed by atoms with Crippen LogP contribution in [0.4, 0.5) is 0 Å². The van der Waals surface area contributed by atoms with Crippen molar-refractivity contribution in [3.05, 3.63) is 50.9 Å². The molecule has 1 aromatic heterocycles. The highest BCUT2D eigenvalue weighted by atomic mass is 35.5. The highest BCUT2D eigenvalue weighted by molar-refractivity contribution is 6.31. The van der Waals surface area contributed by atoms with Crippen LogP contribution in [0.2, 0.25) is 5.02 Å². The van der Waals surface area contributed by atoms with Gasteiger partial charge in [-0.25, -0.2) is 0 Å². The van der Waals surface area contributed by atoms with E-state index in [-0.39, 0.29) is 5.56 Å². The van der Waals surface area contributed by atoms with Crippen LogP contribution in [0.25, 0.3) is 16.3 Å². The predicted octanol–water partition coefficient (Wildman–Crippen LogP) is 3.99. The highest BCUT2D eigenvalue weighted by Gasteiger charge is 2.17. The lowest BCUT2D eigenvalue weighted by Crippen LogP contribution is -2.29. The van der Waals surface area contributed by atoms with Crippen LogP contribution in [0, 0.1) is 6.92 Å². The molecule has 22 heavy (non-hydrogen) atoms. The number of aromatic nitrogens is 1. The first kappa shape index (κ1) is 15.3. The number of nitrogens with zero attached hydrogens (tertiary/aromatic N) is 1. The van der Waals surface area contributed by atoms with Gasteiger partial charge in [0.25, 0.3) is 5.56 Å². The maximum Gasteiger partial charge on any atom is 0.256 e. The Morgan fingerprint density at radius 3 is 2.82 bits per heavy atom. The lowest BCUT2D eigenvalue weighted by atomic mass is 9.93. The Hall–Kier alpha value is -1.58. The summed E-state index contributed by atoms with van der Waals surface area (Å²) in [5.74, 6) is 0. The van der Waals surface area contributed by atoms with Crippen molar-refractivity contribution in [1.29, 1.82) is 0 Å². The van der Waals surface area contributed by atoms with Gasteiger partial charge < -0.3 is 4.98 Å². The number of pyridine rings is 1. The fourth-order valence-electron chi connectivity index (χ4n) is 3.30. The number of benzene rings is 1. The van der Waals surface area contributed by atoms with Crippen LogP contribution in [0.5, 0.6) is 0 Å². The Labute approximate surface area is 135 Å². The standard InChI is InChI=1S/C18H21ClN2O/c1-3-8-21-9-6-13(7-10-21)17-12(2)20-18(22)16-11-14(19)4-5-15(16)17/h4-6,11H,3,7-10H2,1-2H3,(H,20,22). The molecule has 0 spiro atoms. The molecule has 0 aliphatic carbocycles. The van der Waals surface area contributed by atoms with Gasteiger partial charge in [-0.05, 0) is 49.4 Å². The second kappa shape index (κ2) is 6.27. The molecule has 1 aromatic carbocycles. The first-order valence-electron chi connectivity index (χ1n) is 7.84. The van der Waals surface area contributed by atoms with Gasteiger partial charge in [-0.1, -0.05) is 30.7 Å². The van der Waals surface area contributed by atoms with Gasteiger partial charge in [-0.3, -0.25) is 9.69 Å². The number of aromatic amines is 1.